The number of pyridine rings is 1. The number of aliphatic hydroxyl groups excluding tert-OH is 1. The van der Waals surface area contributed by atoms with Gasteiger partial charge in [0.1, 0.15) is 24.0 Å². The van der Waals surface area contributed by atoms with E-state index in [9.17, 15) is 9.90 Å². The fourth-order valence-electron chi connectivity index (χ4n) is 4.89. The van der Waals surface area contributed by atoms with E-state index < -0.39 is 11.9 Å². The van der Waals surface area contributed by atoms with Crippen LogP contribution >= 0.6 is 0 Å². The summed E-state index contributed by atoms with van der Waals surface area (Å²) < 4.78 is 32.2. The molecule has 1 amide bonds. The number of aromatic amines is 1. The van der Waals surface area contributed by atoms with Gasteiger partial charge in [0.15, 0.2) is 17.8 Å². The Labute approximate surface area is 212 Å². The maximum Gasteiger partial charge on any atom is 0.224 e. The first-order chi connectivity index (χ1) is 18.0. The van der Waals surface area contributed by atoms with Crippen molar-refractivity contribution in [3.8, 4) is 28.3 Å². The van der Waals surface area contributed by atoms with Crippen LogP contribution in [0.3, 0.4) is 0 Å². The average molecular weight is 504 g/mol. The maximum absolute atomic E-state index is 15.0. The third-order valence-electron chi connectivity index (χ3n) is 6.88. The highest BCUT2D eigenvalue weighted by Gasteiger charge is 2.48. The van der Waals surface area contributed by atoms with Crippen LogP contribution in [0.25, 0.3) is 33.4 Å². The summed E-state index contributed by atoms with van der Waals surface area (Å²) in [7, 11) is 1.62. The molecule has 190 valence electrons. The molecule has 2 aliphatic rings. The molecule has 0 unspecified atom stereocenters. The molecule has 0 bridgehead atoms. The summed E-state index contributed by atoms with van der Waals surface area (Å²) in [5.41, 5.74) is 4.91. The number of halogens is 1. The number of hydrogen-bond donors (Lipinski definition) is 3. The standard InChI is InChI=1S/C28H26FN3O5/c1-30-24(34)10-15-2-4-16(5-3-15)17-6-8-18(9-7-17)26-19(29)11-20-21(32-26)12-25(31-20)37-23-14-36-27-22(33)13-35-28(23)27/h2-9,11-12,22-23,27-28,31,33H,10,13-14H2,1H3,(H,30,34)/t22-,23-,27-,28-/m1/s1. The topological polar surface area (TPSA) is 106 Å². The van der Waals surface area contributed by atoms with Gasteiger partial charge in [-0.1, -0.05) is 48.5 Å². The molecule has 0 radical (unpaired) electrons. The Morgan fingerprint density at radius 3 is 2.46 bits per heavy atom. The second-order valence-corrected chi connectivity index (χ2v) is 9.33. The lowest BCUT2D eigenvalue weighted by atomic mass is 10.0. The van der Waals surface area contributed by atoms with Gasteiger partial charge in [0.2, 0.25) is 5.91 Å². The van der Waals surface area contributed by atoms with Crippen LogP contribution in [0.4, 0.5) is 4.39 Å². The fraction of sp³-hybridized carbons (Fsp3) is 0.286. The normalized spacial score (nSPS) is 22.8. The van der Waals surface area contributed by atoms with E-state index in [4.69, 9.17) is 14.2 Å². The minimum Gasteiger partial charge on any atom is -0.470 e. The Kier molecular flexibility index (Phi) is 6.11. The molecule has 0 saturated carbocycles. The first-order valence-electron chi connectivity index (χ1n) is 12.2. The van der Waals surface area contributed by atoms with Gasteiger partial charge in [-0.15, -0.1) is 0 Å². The predicted octanol–water partition coefficient (Wildman–Crippen LogP) is 3.23. The molecule has 4 atom stereocenters. The van der Waals surface area contributed by atoms with E-state index in [2.05, 4.69) is 15.3 Å². The summed E-state index contributed by atoms with van der Waals surface area (Å²) in [4.78, 5) is 19.2. The van der Waals surface area contributed by atoms with E-state index in [-0.39, 0.29) is 36.5 Å². The van der Waals surface area contributed by atoms with Gasteiger partial charge in [-0.2, -0.15) is 0 Å². The molecular weight excluding hydrogens is 477 g/mol. The van der Waals surface area contributed by atoms with Gasteiger partial charge in [-0.05, 0) is 16.7 Å². The molecule has 0 spiro atoms. The molecule has 8 nitrogen and oxygen atoms in total. The summed E-state index contributed by atoms with van der Waals surface area (Å²) in [6.07, 6.45) is -1.42. The first kappa shape index (κ1) is 23.6. The monoisotopic (exact) mass is 503 g/mol. The number of H-pyrrole nitrogens is 1. The lowest BCUT2D eigenvalue weighted by molar-refractivity contribution is -0.119. The van der Waals surface area contributed by atoms with Gasteiger partial charge >= 0.3 is 0 Å². The molecule has 37 heavy (non-hydrogen) atoms. The number of benzene rings is 2. The van der Waals surface area contributed by atoms with E-state index in [1.54, 1.807) is 13.1 Å². The number of ether oxygens (including phenoxy) is 3. The summed E-state index contributed by atoms with van der Waals surface area (Å²) in [5, 5.41) is 12.5. The number of likely N-dealkylation sites (N-methyl/N-ethyl adjacent to an activating group) is 1. The number of aromatic nitrogens is 2. The number of hydrogen-bond acceptors (Lipinski definition) is 6. The number of amides is 1. The molecule has 3 N–H and O–H groups in total. The fourth-order valence-corrected chi connectivity index (χ4v) is 4.89. The zero-order chi connectivity index (χ0) is 25.5. The summed E-state index contributed by atoms with van der Waals surface area (Å²) in [6, 6.07) is 18.5. The van der Waals surface area contributed by atoms with Gasteiger partial charge in [0, 0.05) is 24.7 Å². The molecule has 2 aromatic heterocycles. The van der Waals surface area contributed by atoms with E-state index in [0.717, 1.165) is 16.7 Å². The molecular formula is C28H26FN3O5. The van der Waals surface area contributed by atoms with Crippen LogP contribution in [0, 0.1) is 5.82 Å². The minimum atomic E-state index is -0.653. The van der Waals surface area contributed by atoms with Gasteiger partial charge in [0.25, 0.3) is 0 Å². The molecule has 2 saturated heterocycles. The van der Waals surface area contributed by atoms with Gasteiger partial charge < -0.3 is 29.6 Å². The van der Waals surface area contributed by atoms with E-state index in [0.29, 0.717) is 35.5 Å². The summed E-state index contributed by atoms with van der Waals surface area (Å²) >= 11 is 0. The molecule has 4 heterocycles. The minimum absolute atomic E-state index is 0.0337. The number of carbonyl (C=O) groups excluding carboxylic acids is 1. The smallest absolute Gasteiger partial charge is 0.224 e. The average Bonchev–Trinajstić information content (AvgIpc) is 3.60. The van der Waals surface area contributed by atoms with E-state index >= 15 is 4.39 Å². The lowest BCUT2D eigenvalue weighted by Crippen LogP contribution is -2.34. The highest BCUT2D eigenvalue weighted by Crippen LogP contribution is 2.32. The number of nitrogens with zero attached hydrogens (tertiary/aromatic N) is 1. The van der Waals surface area contributed by atoms with Crippen molar-refractivity contribution in [1.29, 1.82) is 0 Å². The molecule has 2 fully saturated rings. The third-order valence-corrected chi connectivity index (χ3v) is 6.88. The van der Waals surface area contributed by atoms with Crippen LogP contribution < -0.4 is 10.1 Å². The van der Waals surface area contributed by atoms with Crippen LogP contribution in [-0.2, 0) is 20.7 Å². The number of aliphatic hydroxyl groups is 1. The SMILES string of the molecule is CNC(=O)Cc1ccc(-c2ccc(-c3nc4cc(O[C@@H]5CO[C@H]6[C@@H]5OC[C@H]6O)[nH]c4cc3F)cc2)cc1. The van der Waals surface area contributed by atoms with Crippen LogP contribution in [0.1, 0.15) is 5.56 Å². The van der Waals surface area contributed by atoms with Gasteiger partial charge in [-0.25, -0.2) is 9.37 Å². The molecule has 9 heteroatoms. The molecule has 2 aliphatic heterocycles. The summed E-state index contributed by atoms with van der Waals surface area (Å²) in [5.74, 6) is -0.0409. The second-order valence-electron chi connectivity index (χ2n) is 9.33. The molecule has 4 aromatic rings. The van der Waals surface area contributed by atoms with Gasteiger partial charge in [-0.3, -0.25) is 4.79 Å². The highest BCUT2D eigenvalue weighted by atomic mass is 19.1. The van der Waals surface area contributed by atoms with Crippen LogP contribution in [0.15, 0.2) is 60.7 Å². The van der Waals surface area contributed by atoms with Crippen molar-refractivity contribution >= 4 is 16.9 Å². The quantitative estimate of drug-likeness (QED) is 0.373. The Balaban J connectivity index is 1.20. The zero-order valence-electron chi connectivity index (χ0n) is 20.1. The Morgan fingerprint density at radius 1 is 1.05 bits per heavy atom. The van der Waals surface area contributed by atoms with Gasteiger partial charge in [0.05, 0.1) is 30.7 Å². The van der Waals surface area contributed by atoms with Crippen molar-refractivity contribution in [2.24, 2.45) is 0 Å². The number of carbonyl (C=O) groups is 1. The Hall–Kier alpha value is -3.79. The van der Waals surface area contributed by atoms with E-state index in [1.165, 1.54) is 6.07 Å². The largest absolute Gasteiger partial charge is 0.470 e. The molecule has 2 aromatic carbocycles. The van der Waals surface area contributed by atoms with Crippen molar-refractivity contribution in [2.75, 3.05) is 20.3 Å². The van der Waals surface area contributed by atoms with Crippen molar-refractivity contribution in [3.05, 3.63) is 72.0 Å². The summed E-state index contributed by atoms with van der Waals surface area (Å²) in [6.45, 7) is 0.526. The Bertz CT molecular complexity index is 1440. The maximum atomic E-state index is 15.0. The number of nitrogens with one attached hydrogen (secondary N) is 2. The van der Waals surface area contributed by atoms with Crippen LogP contribution in [0.2, 0.25) is 0 Å². The van der Waals surface area contributed by atoms with Crippen molar-refractivity contribution in [3.63, 3.8) is 0 Å². The zero-order valence-corrected chi connectivity index (χ0v) is 20.1. The second kappa shape index (κ2) is 9.59. The lowest BCUT2D eigenvalue weighted by Gasteiger charge is -2.16. The van der Waals surface area contributed by atoms with Crippen molar-refractivity contribution in [2.45, 2.75) is 30.8 Å². The van der Waals surface area contributed by atoms with Crippen molar-refractivity contribution < 1.29 is 28.5 Å². The van der Waals surface area contributed by atoms with E-state index in [1.807, 2.05) is 48.5 Å². The van der Waals surface area contributed by atoms with Crippen LogP contribution in [0.5, 0.6) is 5.88 Å². The Morgan fingerprint density at radius 2 is 1.73 bits per heavy atom. The van der Waals surface area contributed by atoms with Crippen LogP contribution in [-0.4, -0.2) is 65.7 Å². The first-order valence-corrected chi connectivity index (χ1v) is 12.2. The number of fused-ring (bicyclic) bond motifs is 2. The van der Waals surface area contributed by atoms with Crippen molar-refractivity contribution in [1.82, 2.24) is 15.3 Å². The molecule has 6 rings (SSSR count). The predicted molar refractivity (Wildman–Crippen MR) is 135 cm³/mol. The highest BCUT2D eigenvalue weighted by molar-refractivity contribution is 5.81. The third kappa shape index (κ3) is 4.57. The molecule has 0 aliphatic carbocycles. The number of rotatable bonds is 6.